The number of hydrogen-bond donors (Lipinski definition) is 3. The minimum absolute atomic E-state index is 0.425. The van der Waals surface area contributed by atoms with Crippen molar-refractivity contribution < 1.29 is 26.7 Å². The van der Waals surface area contributed by atoms with Crippen molar-refractivity contribution in [1.82, 2.24) is 9.44 Å². The second-order valence-corrected chi connectivity index (χ2v) is 5.55. The predicted octanol–water partition coefficient (Wildman–Crippen LogP) is 0.276. The average molecular weight is 276 g/mol. The van der Waals surface area contributed by atoms with Gasteiger partial charge in [0.25, 0.3) is 10.2 Å². The molecule has 17 heavy (non-hydrogen) atoms. The van der Waals surface area contributed by atoms with E-state index in [4.69, 9.17) is 0 Å². The van der Waals surface area contributed by atoms with Crippen LogP contribution in [0.3, 0.4) is 0 Å². The SMILES string of the molecule is O=S(=O)(NCC(F)(F)F)N[C@H]1CCCC[C@@H]1O. The Kier molecular flexibility index (Phi) is 4.76. The number of halogens is 3. The van der Waals surface area contributed by atoms with Gasteiger partial charge in [-0.1, -0.05) is 12.8 Å². The van der Waals surface area contributed by atoms with Gasteiger partial charge in [0.2, 0.25) is 0 Å². The van der Waals surface area contributed by atoms with Crippen LogP contribution >= 0.6 is 0 Å². The lowest BCUT2D eigenvalue weighted by Gasteiger charge is -2.28. The first-order chi connectivity index (χ1) is 7.70. The quantitative estimate of drug-likeness (QED) is 0.690. The summed E-state index contributed by atoms with van der Waals surface area (Å²) in [5.74, 6) is 0. The van der Waals surface area contributed by atoms with Gasteiger partial charge in [-0.3, -0.25) is 0 Å². The standard InChI is InChI=1S/C8H15F3N2O3S/c9-8(10,11)5-12-17(15,16)13-6-3-1-2-4-7(6)14/h6-7,12-14H,1-5H2/t6-,7-/m0/s1. The molecule has 0 radical (unpaired) electrons. The molecule has 9 heteroatoms. The Labute approximate surface area is 97.6 Å². The van der Waals surface area contributed by atoms with Crippen molar-refractivity contribution in [3.8, 4) is 0 Å². The van der Waals surface area contributed by atoms with Crippen molar-refractivity contribution in [2.45, 2.75) is 44.0 Å². The molecule has 0 heterocycles. The molecule has 2 atom stereocenters. The molecule has 0 aromatic carbocycles. The van der Waals surface area contributed by atoms with Crippen LogP contribution in [-0.4, -0.2) is 38.4 Å². The molecular formula is C8H15F3N2O3S. The van der Waals surface area contributed by atoms with Crippen LogP contribution in [0.4, 0.5) is 13.2 Å². The minimum Gasteiger partial charge on any atom is -0.391 e. The highest BCUT2D eigenvalue weighted by Gasteiger charge is 2.32. The lowest BCUT2D eigenvalue weighted by molar-refractivity contribution is -0.121. The number of alkyl halides is 3. The maximum atomic E-state index is 11.8. The third kappa shape index (κ3) is 5.66. The first kappa shape index (κ1) is 14.7. The molecule has 1 aliphatic carbocycles. The van der Waals surface area contributed by atoms with E-state index >= 15 is 0 Å². The summed E-state index contributed by atoms with van der Waals surface area (Å²) in [7, 11) is -4.23. The number of hydrogen-bond acceptors (Lipinski definition) is 3. The molecule has 0 unspecified atom stereocenters. The molecule has 0 aliphatic heterocycles. The van der Waals surface area contributed by atoms with Gasteiger partial charge in [-0.2, -0.15) is 31.0 Å². The minimum atomic E-state index is -4.60. The van der Waals surface area contributed by atoms with Crippen LogP contribution in [0.25, 0.3) is 0 Å². The molecular weight excluding hydrogens is 261 g/mol. The predicted molar refractivity (Wildman–Crippen MR) is 54.4 cm³/mol. The smallest absolute Gasteiger partial charge is 0.391 e. The van der Waals surface area contributed by atoms with Crippen LogP contribution in [0, 0.1) is 0 Å². The van der Waals surface area contributed by atoms with Gasteiger partial charge in [0.05, 0.1) is 6.10 Å². The van der Waals surface area contributed by atoms with Crippen molar-refractivity contribution in [2.75, 3.05) is 6.54 Å². The van der Waals surface area contributed by atoms with Crippen LogP contribution in [0.15, 0.2) is 0 Å². The fraction of sp³-hybridized carbons (Fsp3) is 1.00. The van der Waals surface area contributed by atoms with E-state index in [1.54, 1.807) is 0 Å². The molecule has 0 aromatic rings. The zero-order valence-corrected chi connectivity index (χ0v) is 9.81. The first-order valence-corrected chi connectivity index (χ1v) is 6.70. The van der Waals surface area contributed by atoms with E-state index in [0.29, 0.717) is 12.8 Å². The Bertz CT molecular complexity index is 344. The van der Waals surface area contributed by atoms with E-state index in [-0.39, 0.29) is 0 Å². The second-order valence-electron chi connectivity index (χ2n) is 4.02. The van der Waals surface area contributed by atoms with Crippen LogP contribution in [-0.2, 0) is 10.2 Å². The summed E-state index contributed by atoms with van der Waals surface area (Å²) in [6, 6.07) is -0.713. The van der Waals surface area contributed by atoms with Crippen LogP contribution in [0.2, 0.25) is 0 Å². The molecule has 1 rings (SSSR count). The lowest BCUT2D eigenvalue weighted by atomic mass is 9.93. The summed E-state index contributed by atoms with van der Waals surface area (Å²) in [6.45, 7) is -1.62. The summed E-state index contributed by atoms with van der Waals surface area (Å²) in [6.07, 6.45) is -3.04. The highest BCUT2D eigenvalue weighted by Crippen LogP contribution is 2.19. The summed E-state index contributed by atoms with van der Waals surface area (Å²) >= 11 is 0. The van der Waals surface area contributed by atoms with E-state index in [2.05, 4.69) is 0 Å². The molecule has 1 saturated carbocycles. The Balaban J connectivity index is 2.48. The van der Waals surface area contributed by atoms with E-state index in [1.807, 2.05) is 4.72 Å². The zero-order chi connectivity index (χ0) is 13.1. The van der Waals surface area contributed by atoms with Gasteiger partial charge in [-0.05, 0) is 12.8 Å². The van der Waals surface area contributed by atoms with Gasteiger partial charge in [0, 0.05) is 6.04 Å². The normalized spacial score (nSPS) is 27.1. The fourth-order valence-electron chi connectivity index (χ4n) is 1.67. The molecule has 0 amide bonds. The van der Waals surface area contributed by atoms with Gasteiger partial charge in [0.1, 0.15) is 6.54 Å². The van der Waals surface area contributed by atoms with Gasteiger partial charge in [-0.25, -0.2) is 0 Å². The Hall–Kier alpha value is -0.380. The van der Waals surface area contributed by atoms with Crippen LogP contribution in [0.1, 0.15) is 25.7 Å². The second kappa shape index (κ2) is 5.51. The first-order valence-electron chi connectivity index (χ1n) is 5.21. The van der Waals surface area contributed by atoms with E-state index in [1.165, 1.54) is 4.72 Å². The third-order valence-electron chi connectivity index (χ3n) is 2.50. The largest absolute Gasteiger partial charge is 0.402 e. The summed E-state index contributed by atoms with van der Waals surface area (Å²) < 4.78 is 61.4. The molecule has 3 N–H and O–H groups in total. The van der Waals surface area contributed by atoms with Crippen LogP contribution < -0.4 is 9.44 Å². The summed E-state index contributed by atoms with van der Waals surface area (Å²) in [4.78, 5) is 0. The van der Waals surface area contributed by atoms with Crippen molar-refractivity contribution >= 4 is 10.2 Å². The number of aliphatic hydroxyl groups is 1. The van der Waals surface area contributed by atoms with Crippen molar-refractivity contribution in [2.24, 2.45) is 0 Å². The fourth-order valence-corrected chi connectivity index (χ4v) is 2.78. The highest BCUT2D eigenvalue weighted by molar-refractivity contribution is 7.87. The summed E-state index contributed by atoms with van der Waals surface area (Å²) in [5.41, 5.74) is 0. The Morgan fingerprint density at radius 3 is 2.35 bits per heavy atom. The van der Waals surface area contributed by atoms with Gasteiger partial charge in [0.15, 0.2) is 0 Å². The lowest BCUT2D eigenvalue weighted by Crippen LogP contribution is -2.50. The van der Waals surface area contributed by atoms with Crippen molar-refractivity contribution in [1.29, 1.82) is 0 Å². The molecule has 1 fully saturated rings. The molecule has 0 bridgehead atoms. The highest BCUT2D eigenvalue weighted by atomic mass is 32.2. The average Bonchev–Trinajstić information content (AvgIpc) is 2.18. The topological polar surface area (TPSA) is 78.4 Å². The van der Waals surface area contributed by atoms with E-state index in [0.717, 1.165) is 12.8 Å². The molecule has 5 nitrogen and oxygen atoms in total. The molecule has 102 valence electrons. The van der Waals surface area contributed by atoms with Gasteiger partial charge in [-0.15, -0.1) is 0 Å². The third-order valence-corrected chi connectivity index (χ3v) is 3.64. The van der Waals surface area contributed by atoms with Crippen molar-refractivity contribution in [3.05, 3.63) is 0 Å². The van der Waals surface area contributed by atoms with E-state index in [9.17, 15) is 26.7 Å². The molecule has 0 saturated heterocycles. The molecule has 1 aliphatic rings. The number of rotatable bonds is 4. The maximum Gasteiger partial charge on any atom is 0.402 e. The van der Waals surface area contributed by atoms with Gasteiger partial charge >= 0.3 is 6.18 Å². The molecule has 0 spiro atoms. The maximum absolute atomic E-state index is 11.8. The zero-order valence-electron chi connectivity index (χ0n) is 9.00. The monoisotopic (exact) mass is 276 g/mol. The Morgan fingerprint density at radius 2 is 1.82 bits per heavy atom. The van der Waals surface area contributed by atoms with E-state index < -0.39 is 35.1 Å². The number of nitrogens with one attached hydrogen (secondary N) is 2. The van der Waals surface area contributed by atoms with Crippen molar-refractivity contribution in [3.63, 3.8) is 0 Å². The molecule has 0 aromatic heterocycles. The Morgan fingerprint density at radius 1 is 1.24 bits per heavy atom. The summed E-state index contributed by atoms with van der Waals surface area (Å²) in [5, 5.41) is 9.48. The number of aliphatic hydroxyl groups excluding tert-OH is 1. The van der Waals surface area contributed by atoms with Gasteiger partial charge < -0.3 is 5.11 Å². The van der Waals surface area contributed by atoms with Crippen LogP contribution in [0.5, 0.6) is 0 Å².